The number of aliphatic hydroxyl groups excluding tert-OH is 1. The quantitative estimate of drug-likeness (QED) is 0.292. The first-order valence-corrected chi connectivity index (χ1v) is 13.3. The number of nitrogens with zero attached hydrogens (tertiary/aromatic N) is 4. The highest BCUT2D eigenvalue weighted by molar-refractivity contribution is 7.98. The minimum Gasteiger partial charge on any atom is -0.485 e. The van der Waals surface area contributed by atoms with Gasteiger partial charge in [0.15, 0.2) is 0 Å². The smallest absolute Gasteiger partial charge is 0.226 e. The lowest BCUT2D eigenvalue weighted by atomic mass is 9.97. The highest BCUT2D eigenvalue weighted by Crippen LogP contribution is 2.38. The van der Waals surface area contributed by atoms with Gasteiger partial charge in [-0.2, -0.15) is 10.5 Å². The highest BCUT2D eigenvalue weighted by Gasteiger charge is 2.28. The first-order chi connectivity index (χ1) is 18.9. The fraction of sp³-hybridized carbons (Fsp3) is 0.214. The van der Waals surface area contributed by atoms with E-state index in [1.54, 1.807) is 36.4 Å². The maximum Gasteiger partial charge on any atom is 0.226 e. The molecule has 0 saturated carbocycles. The summed E-state index contributed by atoms with van der Waals surface area (Å²) >= 11 is 7.27. The minimum absolute atomic E-state index is 0.0271. The molecule has 196 valence electrons. The summed E-state index contributed by atoms with van der Waals surface area (Å²) in [4.78, 5) is 8.98. The van der Waals surface area contributed by atoms with Crippen molar-refractivity contribution in [2.75, 3.05) is 18.9 Å². The third kappa shape index (κ3) is 5.56. The second-order valence-electron chi connectivity index (χ2n) is 8.75. The van der Waals surface area contributed by atoms with Gasteiger partial charge < -0.3 is 24.7 Å². The van der Waals surface area contributed by atoms with Crippen LogP contribution >= 0.6 is 23.4 Å². The zero-order valence-corrected chi connectivity index (χ0v) is 22.3. The zero-order chi connectivity index (χ0) is 27.5. The van der Waals surface area contributed by atoms with Crippen molar-refractivity contribution in [2.24, 2.45) is 0 Å². The van der Waals surface area contributed by atoms with Crippen LogP contribution in [0.15, 0.2) is 58.0 Å². The summed E-state index contributed by atoms with van der Waals surface area (Å²) in [6, 6.07) is 18.4. The molecule has 9 nitrogen and oxygen atoms in total. The molecule has 2 atom stereocenters. The van der Waals surface area contributed by atoms with Crippen molar-refractivity contribution < 1.29 is 19.0 Å². The predicted molar refractivity (Wildman–Crippen MR) is 146 cm³/mol. The van der Waals surface area contributed by atoms with Crippen LogP contribution in [0.2, 0.25) is 5.02 Å². The number of pyridine rings is 1. The molecule has 0 spiro atoms. The van der Waals surface area contributed by atoms with E-state index in [9.17, 15) is 15.6 Å². The number of anilines is 1. The molecule has 1 fully saturated rings. The van der Waals surface area contributed by atoms with E-state index in [-0.39, 0.29) is 23.6 Å². The van der Waals surface area contributed by atoms with Crippen molar-refractivity contribution in [3.05, 3.63) is 76.1 Å². The number of aryl methyl sites for hydroxylation is 1. The highest BCUT2D eigenvalue weighted by atomic mass is 35.5. The second kappa shape index (κ2) is 11.4. The fourth-order valence-electron chi connectivity index (χ4n) is 4.12. The Balaban J connectivity index is 1.43. The van der Waals surface area contributed by atoms with Crippen LogP contribution in [0.3, 0.4) is 0 Å². The molecule has 1 saturated heterocycles. The van der Waals surface area contributed by atoms with Gasteiger partial charge in [0, 0.05) is 21.9 Å². The third-order valence-corrected chi connectivity index (χ3v) is 7.41. The predicted octanol–water partition coefficient (Wildman–Crippen LogP) is 5.12. The number of thioether (sulfide) groups is 1. The number of hydrogen-bond acceptors (Lipinski definition) is 10. The van der Waals surface area contributed by atoms with Crippen molar-refractivity contribution >= 4 is 29.2 Å². The molecule has 1 aliphatic heterocycles. The lowest BCUT2D eigenvalue weighted by molar-refractivity contribution is 0.0733. The van der Waals surface area contributed by atoms with Gasteiger partial charge in [-0.05, 0) is 48.9 Å². The molecule has 0 unspecified atom stereocenters. The average molecular weight is 560 g/mol. The Labute approximate surface area is 233 Å². The number of oxazole rings is 1. The van der Waals surface area contributed by atoms with Gasteiger partial charge in [-0.1, -0.05) is 35.5 Å². The van der Waals surface area contributed by atoms with Crippen molar-refractivity contribution in [2.45, 2.75) is 29.9 Å². The van der Waals surface area contributed by atoms with Crippen LogP contribution in [-0.4, -0.2) is 40.5 Å². The normalized spacial score (nSPS) is 16.5. The number of benzene rings is 2. The number of hydrogen-bond donors (Lipinski definition) is 2. The number of nitriles is 2. The van der Waals surface area contributed by atoms with E-state index >= 15 is 0 Å². The van der Waals surface area contributed by atoms with E-state index in [1.807, 2.05) is 19.1 Å². The van der Waals surface area contributed by atoms with Crippen molar-refractivity contribution in [3.63, 3.8) is 0 Å². The van der Waals surface area contributed by atoms with Gasteiger partial charge in [-0.25, -0.2) is 9.97 Å². The van der Waals surface area contributed by atoms with Crippen LogP contribution in [0.1, 0.15) is 22.6 Å². The van der Waals surface area contributed by atoms with E-state index < -0.39 is 12.2 Å². The van der Waals surface area contributed by atoms with Crippen molar-refractivity contribution in [1.82, 2.24) is 9.97 Å². The Hall–Kier alpha value is -4.06. The first kappa shape index (κ1) is 26.5. The molecule has 0 radical (unpaired) electrons. The lowest BCUT2D eigenvalue weighted by Gasteiger charge is -2.16. The topological polar surface area (TPSA) is 151 Å². The maximum absolute atomic E-state index is 10.1. The van der Waals surface area contributed by atoms with Gasteiger partial charge >= 0.3 is 0 Å². The molecule has 39 heavy (non-hydrogen) atoms. The van der Waals surface area contributed by atoms with E-state index in [0.717, 1.165) is 5.56 Å². The van der Waals surface area contributed by atoms with Crippen LogP contribution in [0.25, 0.3) is 22.6 Å². The second-order valence-corrected chi connectivity index (χ2v) is 10.2. The largest absolute Gasteiger partial charge is 0.485 e. The summed E-state index contributed by atoms with van der Waals surface area (Å²) in [5.41, 5.74) is 9.01. The third-order valence-electron chi connectivity index (χ3n) is 6.18. The SMILES string of the molecule is Cc1oc(-c2ccc(Cl)cc2)nc1CSc1nc(N)c(C#N)c(-c2ccc(O[C@H]3COC[C@@H]3O)cc2)c1C#N. The Morgan fingerprint density at radius 3 is 2.38 bits per heavy atom. The summed E-state index contributed by atoms with van der Waals surface area (Å²) in [5, 5.41) is 30.9. The van der Waals surface area contributed by atoms with Crippen LogP contribution in [0.5, 0.6) is 5.75 Å². The zero-order valence-electron chi connectivity index (χ0n) is 20.7. The van der Waals surface area contributed by atoms with E-state index in [4.69, 9.17) is 31.2 Å². The van der Waals surface area contributed by atoms with Crippen LogP contribution in [0, 0.1) is 29.6 Å². The van der Waals surface area contributed by atoms with Gasteiger partial charge in [0.2, 0.25) is 5.89 Å². The molecule has 5 rings (SSSR count). The van der Waals surface area contributed by atoms with Crippen LogP contribution in [-0.2, 0) is 10.5 Å². The van der Waals surface area contributed by atoms with Crippen LogP contribution in [0.4, 0.5) is 5.82 Å². The molecule has 0 amide bonds. The molecule has 11 heteroatoms. The van der Waals surface area contributed by atoms with Crippen molar-refractivity contribution in [1.29, 1.82) is 10.5 Å². The summed E-state index contributed by atoms with van der Waals surface area (Å²) in [6.45, 7) is 2.35. The standard InChI is InChI=1S/C28H22ClN5O4S/c1-15-22(33-27(37-15)17-2-6-18(29)7-3-17)14-39-28-21(11-31)25(20(10-30)26(32)34-28)16-4-8-19(9-5-16)38-24-13-36-12-23(24)35/h2-9,23-24,35H,12-14H2,1H3,(H2,32,34)/t23-,24-/m0/s1. The maximum atomic E-state index is 10.1. The molecule has 2 aromatic carbocycles. The molecule has 0 aliphatic carbocycles. The molecule has 3 N–H and O–H groups in total. The Bertz CT molecular complexity index is 1590. The Kier molecular flexibility index (Phi) is 7.73. The molecule has 4 aromatic rings. The van der Waals surface area contributed by atoms with Gasteiger partial charge in [-0.3, -0.25) is 0 Å². The number of aromatic nitrogens is 2. The van der Waals surface area contributed by atoms with Crippen LogP contribution < -0.4 is 10.5 Å². The molecule has 0 bridgehead atoms. The monoisotopic (exact) mass is 559 g/mol. The number of nitrogens with two attached hydrogens (primary N) is 1. The molecular weight excluding hydrogens is 538 g/mol. The lowest BCUT2D eigenvalue weighted by Crippen LogP contribution is -2.29. The van der Waals surface area contributed by atoms with E-state index in [0.29, 0.717) is 56.6 Å². The number of ether oxygens (including phenoxy) is 2. The number of aliphatic hydroxyl groups is 1. The van der Waals surface area contributed by atoms with Gasteiger partial charge in [-0.15, -0.1) is 0 Å². The fourth-order valence-corrected chi connectivity index (χ4v) is 5.24. The number of nitrogen functional groups attached to an aromatic ring is 1. The molecule has 2 aromatic heterocycles. The molecule has 1 aliphatic rings. The van der Waals surface area contributed by atoms with Gasteiger partial charge in [0.05, 0.1) is 24.5 Å². The Morgan fingerprint density at radius 1 is 1.05 bits per heavy atom. The van der Waals surface area contributed by atoms with Gasteiger partial charge in [0.1, 0.15) is 52.3 Å². The number of halogens is 1. The average Bonchev–Trinajstić information content (AvgIpc) is 3.52. The summed E-state index contributed by atoms with van der Waals surface area (Å²) < 4.78 is 16.9. The van der Waals surface area contributed by atoms with Crippen molar-refractivity contribution in [3.8, 4) is 40.5 Å². The molecule has 3 heterocycles. The number of rotatable bonds is 7. The summed E-state index contributed by atoms with van der Waals surface area (Å²) in [6.07, 6.45) is -1.16. The first-order valence-electron chi connectivity index (χ1n) is 11.9. The Morgan fingerprint density at radius 2 is 1.74 bits per heavy atom. The minimum atomic E-state index is -0.699. The van der Waals surface area contributed by atoms with E-state index in [2.05, 4.69) is 22.1 Å². The van der Waals surface area contributed by atoms with E-state index in [1.165, 1.54) is 11.8 Å². The van der Waals surface area contributed by atoms with Gasteiger partial charge in [0.25, 0.3) is 0 Å². The molecular formula is C28H22ClN5O4S. The summed E-state index contributed by atoms with van der Waals surface area (Å²) in [7, 11) is 0. The summed E-state index contributed by atoms with van der Waals surface area (Å²) in [5.74, 6) is 2.03.